The van der Waals surface area contributed by atoms with E-state index in [1.807, 2.05) is 11.4 Å². The molecule has 6 nitrogen and oxygen atoms in total. The van der Waals surface area contributed by atoms with Gasteiger partial charge in [-0.3, -0.25) is 9.35 Å². The van der Waals surface area contributed by atoms with Crippen LogP contribution in [0, 0.1) is 17.8 Å². The summed E-state index contributed by atoms with van der Waals surface area (Å²) in [5, 5.41) is 5.76. The summed E-state index contributed by atoms with van der Waals surface area (Å²) < 4.78 is 34.2. The van der Waals surface area contributed by atoms with E-state index in [2.05, 4.69) is 5.32 Å². The van der Waals surface area contributed by atoms with Gasteiger partial charge >= 0.3 is 0 Å². The Morgan fingerprint density at radius 2 is 1.94 bits per heavy atom. The second-order valence-corrected chi connectivity index (χ2v) is 11.1. The van der Waals surface area contributed by atoms with Crippen LogP contribution in [0.2, 0.25) is 0 Å². The Hall–Kier alpha value is -2.55. The minimum absolute atomic E-state index is 0.0103. The van der Waals surface area contributed by atoms with Gasteiger partial charge in [-0.1, -0.05) is 24.3 Å². The van der Waals surface area contributed by atoms with Crippen molar-refractivity contribution in [3.05, 3.63) is 53.4 Å². The lowest BCUT2D eigenvalue weighted by Gasteiger charge is -2.51. The number of hydrogen-bond donors (Lipinski definition) is 2. The van der Waals surface area contributed by atoms with Gasteiger partial charge in [-0.2, -0.15) is 8.42 Å². The number of benzene rings is 2. The molecule has 2 aromatic carbocycles. The van der Waals surface area contributed by atoms with Gasteiger partial charge < -0.3 is 10.1 Å². The first-order valence-electron chi connectivity index (χ1n) is 10.7. The van der Waals surface area contributed by atoms with Crippen LogP contribution in [0.4, 0.5) is 0 Å². The highest BCUT2D eigenvalue weighted by atomic mass is 32.2. The van der Waals surface area contributed by atoms with Gasteiger partial charge in [-0.05, 0) is 60.8 Å². The smallest absolute Gasteiger partial charge is 0.295 e. The number of carbonyl (C=O) groups is 2. The molecule has 0 unspecified atom stereocenters. The monoisotopic (exact) mass is 469 g/mol. The molecule has 2 N–H and O–H groups in total. The molecule has 32 heavy (non-hydrogen) atoms. The Labute approximate surface area is 190 Å². The highest BCUT2D eigenvalue weighted by Gasteiger charge is 2.46. The van der Waals surface area contributed by atoms with Crippen molar-refractivity contribution < 1.29 is 22.6 Å². The molecule has 3 aromatic rings. The third-order valence-electron chi connectivity index (χ3n) is 6.91. The first-order valence-corrected chi connectivity index (χ1v) is 13.0. The topological polar surface area (TPSA) is 101 Å². The van der Waals surface area contributed by atoms with Crippen molar-refractivity contribution in [3.8, 4) is 11.1 Å². The molecule has 0 radical (unpaired) electrons. The van der Waals surface area contributed by atoms with Gasteiger partial charge in [-0.25, -0.2) is 0 Å². The minimum atomic E-state index is -4.39. The highest BCUT2D eigenvalue weighted by Crippen LogP contribution is 2.49. The van der Waals surface area contributed by atoms with Gasteiger partial charge in [0.1, 0.15) is 11.2 Å². The first-order chi connectivity index (χ1) is 15.3. The zero-order chi connectivity index (χ0) is 22.5. The Bertz CT molecular complexity index is 1310. The second kappa shape index (κ2) is 8.10. The van der Waals surface area contributed by atoms with Crippen molar-refractivity contribution in [2.24, 2.45) is 17.8 Å². The molecule has 3 aliphatic carbocycles. The SMILES string of the molecule is O=CC[C@H]1CC2CC(C2)[C@H]1NC(=O)c1csc2ccc(-c3ccccc3S(=O)(=O)O)cc12. The molecule has 166 valence electrons. The molecule has 2 bridgehead atoms. The van der Waals surface area contributed by atoms with E-state index in [-0.39, 0.29) is 22.8 Å². The second-order valence-electron chi connectivity index (χ2n) is 8.83. The lowest BCUT2D eigenvalue weighted by molar-refractivity contribution is -0.110. The average molecular weight is 470 g/mol. The van der Waals surface area contributed by atoms with Crippen LogP contribution in [0.5, 0.6) is 0 Å². The molecule has 8 heteroatoms. The summed E-state index contributed by atoms with van der Waals surface area (Å²) in [6.45, 7) is 0. The third-order valence-corrected chi connectivity index (χ3v) is 8.79. The number of amides is 1. The van der Waals surface area contributed by atoms with Crippen molar-refractivity contribution in [2.75, 3.05) is 0 Å². The Balaban J connectivity index is 1.49. The number of nitrogens with one attached hydrogen (secondary N) is 1. The fourth-order valence-electron chi connectivity index (χ4n) is 5.37. The van der Waals surface area contributed by atoms with Crippen LogP contribution in [0.15, 0.2) is 52.7 Å². The average Bonchev–Trinajstić information content (AvgIpc) is 3.17. The maximum absolute atomic E-state index is 13.2. The maximum atomic E-state index is 13.2. The predicted octanol–water partition coefficient (Wildman–Crippen LogP) is 4.55. The molecule has 1 aromatic heterocycles. The summed E-state index contributed by atoms with van der Waals surface area (Å²) in [6.07, 6.45) is 4.63. The van der Waals surface area contributed by atoms with Crippen LogP contribution >= 0.6 is 11.3 Å². The van der Waals surface area contributed by atoms with E-state index in [9.17, 15) is 22.6 Å². The van der Waals surface area contributed by atoms with Crippen LogP contribution in [0.3, 0.4) is 0 Å². The van der Waals surface area contributed by atoms with Gasteiger partial charge in [0.05, 0.1) is 5.56 Å². The van der Waals surface area contributed by atoms with Crippen molar-refractivity contribution >= 4 is 43.7 Å². The quantitative estimate of drug-likeness (QED) is 0.408. The summed E-state index contributed by atoms with van der Waals surface area (Å²) in [5.41, 5.74) is 1.53. The molecule has 0 spiro atoms. The van der Waals surface area contributed by atoms with E-state index in [0.717, 1.165) is 35.6 Å². The van der Waals surface area contributed by atoms with Gasteiger partial charge in [0.15, 0.2) is 0 Å². The normalized spacial score (nSPS) is 24.7. The largest absolute Gasteiger partial charge is 0.349 e. The standard InChI is InChI=1S/C24H23NO5S2/c26-8-7-16-9-14-10-17(11-14)23(16)25-24(27)20-13-31-21-6-5-15(12-19(20)21)18-3-1-2-4-22(18)32(28,29)30/h1-6,8,12-14,16-17,23H,7,9-11H2,(H,25,27)(H,28,29,30)/t14?,16-,17?,23-/m0/s1. The van der Waals surface area contributed by atoms with E-state index < -0.39 is 10.1 Å². The zero-order valence-electron chi connectivity index (χ0n) is 17.2. The van der Waals surface area contributed by atoms with Crippen molar-refractivity contribution in [1.29, 1.82) is 0 Å². The summed E-state index contributed by atoms with van der Waals surface area (Å²) in [5.74, 6) is 1.15. The molecule has 3 aliphatic rings. The molecule has 3 saturated carbocycles. The molecule has 0 aliphatic heterocycles. The highest BCUT2D eigenvalue weighted by molar-refractivity contribution is 7.86. The summed E-state index contributed by atoms with van der Waals surface area (Å²) in [6, 6.07) is 11.7. The molecule has 1 heterocycles. The Morgan fingerprint density at radius 3 is 2.69 bits per heavy atom. The molecular weight excluding hydrogens is 446 g/mol. The van der Waals surface area contributed by atoms with Crippen molar-refractivity contribution in [1.82, 2.24) is 5.32 Å². The van der Waals surface area contributed by atoms with Gasteiger partial charge in [-0.15, -0.1) is 11.3 Å². The number of hydrogen-bond acceptors (Lipinski definition) is 5. The number of rotatable bonds is 6. The molecular formula is C24H23NO5S2. The van der Waals surface area contributed by atoms with Crippen LogP contribution in [0.25, 0.3) is 21.2 Å². The number of aldehydes is 1. The lowest BCUT2D eigenvalue weighted by Crippen LogP contribution is -2.54. The van der Waals surface area contributed by atoms with E-state index >= 15 is 0 Å². The summed E-state index contributed by atoms with van der Waals surface area (Å²) in [7, 11) is -4.39. The fourth-order valence-corrected chi connectivity index (χ4v) is 7.00. The summed E-state index contributed by atoms with van der Waals surface area (Å²) in [4.78, 5) is 24.2. The molecule has 1 amide bonds. The van der Waals surface area contributed by atoms with Crippen LogP contribution in [-0.2, 0) is 14.9 Å². The first kappa shape index (κ1) is 21.3. The lowest BCUT2D eigenvalue weighted by atomic mass is 9.58. The van der Waals surface area contributed by atoms with Crippen molar-refractivity contribution in [2.45, 2.75) is 36.6 Å². The van der Waals surface area contributed by atoms with Gasteiger partial charge in [0.25, 0.3) is 16.0 Å². The summed E-state index contributed by atoms with van der Waals surface area (Å²) >= 11 is 1.46. The van der Waals surface area contributed by atoms with Crippen LogP contribution in [-0.4, -0.2) is 31.2 Å². The Morgan fingerprint density at radius 1 is 1.16 bits per heavy atom. The van der Waals surface area contributed by atoms with E-state index in [1.165, 1.54) is 17.4 Å². The Kier molecular flexibility index (Phi) is 5.39. The zero-order valence-corrected chi connectivity index (χ0v) is 18.9. The van der Waals surface area contributed by atoms with Gasteiger partial charge in [0, 0.05) is 33.5 Å². The minimum Gasteiger partial charge on any atom is -0.349 e. The molecule has 3 fully saturated rings. The number of fused-ring (bicyclic) bond motifs is 3. The molecule has 0 saturated heterocycles. The van der Waals surface area contributed by atoms with Gasteiger partial charge in [0.2, 0.25) is 0 Å². The number of carbonyl (C=O) groups excluding carboxylic acids is 2. The van der Waals surface area contributed by atoms with Crippen LogP contribution in [0.1, 0.15) is 36.0 Å². The van der Waals surface area contributed by atoms with E-state index in [1.54, 1.807) is 30.3 Å². The van der Waals surface area contributed by atoms with E-state index in [4.69, 9.17) is 0 Å². The van der Waals surface area contributed by atoms with E-state index in [0.29, 0.717) is 34.9 Å². The van der Waals surface area contributed by atoms with Crippen LogP contribution < -0.4 is 5.32 Å². The van der Waals surface area contributed by atoms with Crippen molar-refractivity contribution in [3.63, 3.8) is 0 Å². The molecule has 2 atom stereocenters. The maximum Gasteiger partial charge on any atom is 0.295 e. The molecule has 6 rings (SSSR count). The fraction of sp³-hybridized carbons (Fsp3) is 0.333. The number of thiophene rings is 1. The third kappa shape index (κ3) is 3.76. The predicted molar refractivity (Wildman–Crippen MR) is 123 cm³/mol.